The molecule has 166 valence electrons. The summed E-state index contributed by atoms with van der Waals surface area (Å²) in [6.45, 7) is 19.0. The van der Waals surface area contributed by atoms with Gasteiger partial charge < -0.3 is 18.7 Å². The number of hydrogen-bond acceptors (Lipinski definition) is 4. The Balaban J connectivity index is 2.79. The van der Waals surface area contributed by atoms with Crippen molar-refractivity contribution in [3.05, 3.63) is 29.8 Å². The number of carbonyl (C=O) groups is 1. The van der Waals surface area contributed by atoms with E-state index in [2.05, 4.69) is 47.7 Å². The second-order valence-electron chi connectivity index (χ2n) is 10.0. The summed E-state index contributed by atoms with van der Waals surface area (Å²) in [5.41, 5.74) is 1.13. The van der Waals surface area contributed by atoms with Crippen LogP contribution in [0.4, 0.5) is 0 Å². The van der Waals surface area contributed by atoms with E-state index in [4.69, 9.17) is 13.9 Å². The Kier molecular flexibility index (Phi) is 10.1. The lowest BCUT2D eigenvalue weighted by Gasteiger charge is -2.43. The highest BCUT2D eigenvalue weighted by Gasteiger charge is 2.41. The molecule has 0 aliphatic heterocycles. The van der Waals surface area contributed by atoms with Gasteiger partial charge in [-0.25, -0.2) is 0 Å². The normalized spacial score (nSPS) is 16.7. The predicted octanol–water partition coefficient (Wildman–Crippen LogP) is 6.10. The number of benzene rings is 1. The first-order chi connectivity index (χ1) is 13.4. The van der Waals surface area contributed by atoms with Crippen LogP contribution in [0.2, 0.25) is 18.1 Å². The summed E-state index contributed by atoms with van der Waals surface area (Å²) < 4.78 is 18.1. The number of hydrogen-bond donors (Lipinski definition) is 0. The standard InChI is InChI=1S/C24H42O4Si/c1-18(15-25)14-19(2)23(28-29(8,9)24(4,5)6)20(3)16-27-17-21-10-12-22(26-7)13-11-21/h10-13,15,18-20,23H,14,16-17H2,1-9H3/t18-,19+,20+,23-/m1/s1. The highest BCUT2D eigenvalue weighted by atomic mass is 28.4. The summed E-state index contributed by atoms with van der Waals surface area (Å²) in [6.07, 6.45) is 1.96. The summed E-state index contributed by atoms with van der Waals surface area (Å²) in [5.74, 6) is 1.44. The van der Waals surface area contributed by atoms with Gasteiger partial charge in [0.2, 0.25) is 0 Å². The molecule has 0 aliphatic rings. The summed E-state index contributed by atoms with van der Waals surface area (Å²) in [6, 6.07) is 7.96. The second-order valence-corrected chi connectivity index (χ2v) is 14.8. The minimum absolute atomic E-state index is 0.0444. The van der Waals surface area contributed by atoms with Crippen LogP contribution in [-0.2, 0) is 20.6 Å². The van der Waals surface area contributed by atoms with Crippen LogP contribution in [0.3, 0.4) is 0 Å². The molecule has 0 aromatic heterocycles. The minimum atomic E-state index is -1.93. The first-order valence-electron chi connectivity index (χ1n) is 10.7. The Morgan fingerprint density at radius 2 is 1.62 bits per heavy atom. The van der Waals surface area contributed by atoms with Crippen molar-refractivity contribution in [2.75, 3.05) is 13.7 Å². The monoisotopic (exact) mass is 422 g/mol. The van der Waals surface area contributed by atoms with Crippen molar-refractivity contribution in [2.45, 2.75) is 78.8 Å². The fraction of sp³-hybridized carbons (Fsp3) is 0.708. The van der Waals surface area contributed by atoms with Gasteiger partial charge in [0.05, 0.1) is 26.4 Å². The molecule has 0 N–H and O–H groups in total. The van der Waals surface area contributed by atoms with Gasteiger partial charge in [0.1, 0.15) is 12.0 Å². The zero-order chi connectivity index (χ0) is 22.2. The summed E-state index contributed by atoms with van der Waals surface area (Å²) in [5, 5.41) is 0.144. The lowest BCUT2D eigenvalue weighted by atomic mass is 9.87. The maximum Gasteiger partial charge on any atom is 0.192 e. The molecular formula is C24H42O4Si. The van der Waals surface area contributed by atoms with E-state index in [1.165, 1.54) is 0 Å². The van der Waals surface area contributed by atoms with Crippen LogP contribution in [-0.4, -0.2) is 34.4 Å². The molecule has 0 amide bonds. The maximum atomic E-state index is 11.2. The molecule has 0 spiro atoms. The van der Waals surface area contributed by atoms with E-state index in [0.717, 1.165) is 24.0 Å². The van der Waals surface area contributed by atoms with Gasteiger partial charge in [0.25, 0.3) is 0 Å². The number of ether oxygens (including phenoxy) is 2. The third kappa shape index (κ3) is 8.23. The molecule has 0 fully saturated rings. The summed E-state index contributed by atoms with van der Waals surface area (Å²) in [4.78, 5) is 11.2. The maximum absolute atomic E-state index is 11.2. The molecule has 0 saturated heterocycles. The minimum Gasteiger partial charge on any atom is -0.497 e. The van der Waals surface area contributed by atoms with Gasteiger partial charge in [-0.1, -0.05) is 53.7 Å². The molecule has 1 aromatic rings. The smallest absolute Gasteiger partial charge is 0.192 e. The first kappa shape index (κ1) is 25.9. The second kappa shape index (κ2) is 11.3. The highest BCUT2D eigenvalue weighted by molar-refractivity contribution is 6.74. The topological polar surface area (TPSA) is 44.8 Å². The zero-order valence-corrected chi connectivity index (χ0v) is 21.0. The molecule has 4 atom stereocenters. The van der Waals surface area contributed by atoms with Crippen LogP contribution in [0.1, 0.15) is 53.5 Å². The van der Waals surface area contributed by atoms with Crippen molar-refractivity contribution in [3.8, 4) is 5.75 Å². The van der Waals surface area contributed by atoms with E-state index in [1.807, 2.05) is 31.2 Å². The molecule has 1 rings (SSSR count). The van der Waals surface area contributed by atoms with E-state index in [0.29, 0.717) is 19.1 Å². The number of aldehydes is 1. The Hall–Kier alpha value is -1.17. The van der Waals surface area contributed by atoms with Gasteiger partial charge in [-0.2, -0.15) is 0 Å². The van der Waals surface area contributed by atoms with Gasteiger partial charge in [0.15, 0.2) is 8.32 Å². The molecule has 0 aliphatic carbocycles. The van der Waals surface area contributed by atoms with Crippen molar-refractivity contribution in [3.63, 3.8) is 0 Å². The SMILES string of the molecule is COc1ccc(COC[C@H](C)[C@H](O[Si](C)(C)C(C)(C)C)[C@@H](C)C[C@@H](C)C=O)cc1. The van der Waals surface area contributed by atoms with Gasteiger partial charge in [0, 0.05) is 11.8 Å². The molecule has 4 nitrogen and oxygen atoms in total. The number of carbonyl (C=O) groups excluding carboxylic acids is 1. The van der Waals surface area contributed by atoms with Gasteiger partial charge in [-0.3, -0.25) is 0 Å². The molecule has 0 bridgehead atoms. The molecule has 5 heteroatoms. The van der Waals surface area contributed by atoms with Crippen molar-refractivity contribution >= 4 is 14.6 Å². The van der Waals surface area contributed by atoms with E-state index in [1.54, 1.807) is 7.11 Å². The van der Waals surface area contributed by atoms with Crippen molar-refractivity contribution < 1.29 is 18.7 Å². The van der Waals surface area contributed by atoms with Crippen LogP contribution in [0.15, 0.2) is 24.3 Å². The Bertz CT molecular complexity index is 606. The van der Waals surface area contributed by atoms with E-state index < -0.39 is 8.32 Å². The Morgan fingerprint density at radius 3 is 2.10 bits per heavy atom. The fourth-order valence-corrected chi connectivity index (χ4v) is 4.76. The first-order valence-corrected chi connectivity index (χ1v) is 13.7. The molecule has 1 aromatic carbocycles. The van der Waals surface area contributed by atoms with Crippen LogP contribution in [0.25, 0.3) is 0 Å². The van der Waals surface area contributed by atoms with Crippen molar-refractivity contribution in [1.82, 2.24) is 0 Å². The molecule has 29 heavy (non-hydrogen) atoms. The summed E-state index contributed by atoms with van der Waals surface area (Å²) >= 11 is 0. The molecule has 0 heterocycles. The average Bonchev–Trinajstić information content (AvgIpc) is 2.65. The fourth-order valence-electron chi connectivity index (χ4n) is 3.27. The summed E-state index contributed by atoms with van der Waals surface area (Å²) in [7, 11) is -0.257. The number of rotatable bonds is 12. The third-order valence-electron chi connectivity index (χ3n) is 6.14. The molecule has 0 radical (unpaired) electrons. The van der Waals surface area contributed by atoms with Crippen molar-refractivity contribution in [1.29, 1.82) is 0 Å². The largest absolute Gasteiger partial charge is 0.497 e. The third-order valence-corrected chi connectivity index (χ3v) is 10.6. The number of methoxy groups -OCH3 is 1. The zero-order valence-electron chi connectivity index (χ0n) is 20.0. The van der Waals surface area contributed by atoms with Gasteiger partial charge in [-0.15, -0.1) is 0 Å². The quantitative estimate of drug-likeness (QED) is 0.301. The van der Waals surface area contributed by atoms with Crippen LogP contribution in [0, 0.1) is 17.8 Å². The van der Waals surface area contributed by atoms with Crippen LogP contribution >= 0.6 is 0 Å². The van der Waals surface area contributed by atoms with Crippen LogP contribution < -0.4 is 4.74 Å². The Labute approximate surface area is 179 Å². The average molecular weight is 423 g/mol. The molecular weight excluding hydrogens is 380 g/mol. The van der Waals surface area contributed by atoms with Gasteiger partial charge in [-0.05, 0) is 48.2 Å². The predicted molar refractivity (Wildman–Crippen MR) is 123 cm³/mol. The van der Waals surface area contributed by atoms with E-state index >= 15 is 0 Å². The lowest BCUT2D eigenvalue weighted by Crippen LogP contribution is -2.48. The van der Waals surface area contributed by atoms with Crippen molar-refractivity contribution in [2.24, 2.45) is 17.8 Å². The Morgan fingerprint density at radius 1 is 1.03 bits per heavy atom. The molecule has 0 saturated carbocycles. The molecule has 0 unspecified atom stereocenters. The van der Waals surface area contributed by atoms with Gasteiger partial charge >= 0.3 is 0 Å². The van der Waals surface area contributed by atoms with Crippen LogP contribution in [0.5, 0.6) is 5.75 Å². The highest BCUT2D eigenvalue weighted by Crippen LogP contribution is 2.39. The van der Waals surface area contributed by atoms with E-state index in [9.17, 15) is 4.79 Å². The lowest BCUT2D eigenvalue weighted by molar-refractivity contribution is -0.111. The van der Waals surface area contributed by atoms with E-state index in [-0.39, 0.29) is 23.0 Å².